The van der Waals surface area contributed by atoms with E-state index in [1.165, 1.54) is 20.1 Å². The summed E-state index contributed by atoms with van der Waals surface area (Å²) < 4.78 is 5.15. The van der Waals surface area contributed by atoms with Gasteiger partial charge in [-0.3, -0.25) is 19.4 Å². The third-order valence-corrected chi connectivity index (χ3v) is 6.14. The lowest BCUT2D eigenvalue weighted by Gasteiger charge is -2.19. The zero-order valence-corrected chi connectivity index (χ0v) is 22.4. The maximum Gasteiger partial charge on any atom is 0.308 e. The number of carbonyl (C=O) groups is 3. The number of carboxylic acid groups (broad SMARTS) is 1. The van der Waals surface area contributed by atoms with Crippen molar-refractivity contribution < 1.29 is 29.3 Å². The predicted octanol–water partition coefficient (Wildman–Crippen LogP) is 3.26. The molecule has 1 heterocycles. The molecule has 0 saturated heterocycles. The van der Waals surface area contributed by atoms with Gasteiger partial charge >= 0.3 is 5.97 Å². The highest BCUT2D eigenvalue weighted by molar-refractivity contribution is 6.32. The number of halogens is 1. The minimum Gasteiger partial charge on any atom is -0.495 e. The summed E-state index contributed by atoms with van der Waals surface area (Å²) in [5, 5.41) is 25.1. The number of aliphatic hydroxyl groups is 1. The van der Waals surface area contributed by atoms with Crippen LogP contribution in [0.5, 0.6) is 5.75 Å². The normalized spacial score (nSPS) is 14.6. The monoisotopic (exact) mass is 543 g/mol. The molecule has 4 atom stereocenters. The van der Waals surface area contributed by atoms with Gasteiger partial charge in [-0.25, -0.2) is 0 Å². The number of nitrogens with zero attached hydrogens (tertiary/aromatic N) is 1. The fourth-order valence-corrected chi connectivity index (χ4v) is 3.64. The molecule has 2 rings (SSSR count). The summed E-state index contributed by atoms with van der Waals surface area (Å²) in [6, 6.07) is 7.75. The van der Waals surface area contributed by atoms with Gasteiger partial charge in [0.1, 0.15) is 11.8 Å². The molecule has 1 aromatic carbocycles. The van der Waals surface area contributed by atoms with Gasteiger partial charge in [0.2, 0.25) is 11.8 Å². The second-order valence-electron chi connectivity index (χ2n) is 8.92. The first-order chi connectivity index (χ1) is 18.1. The van der Waals surface area contributed by atoms with Crippen LogP contribution in [0.4, 0.5) is 0 Å². The van der Waals surface area contributed by atoms with Gasteiger partial charge < -0.3 is 25.6 Å². The molecule has 1 aromatic heterocycles. The molecular weight excluding hydrogens is 510 g/mol. The number of ether oxygens (including phenoxy) is 1. The maximum atomic E-state index is 12.8. The van der Waals surface area contributed by atoms with Gasteiger partial charge in [-0.1, -0.05) is 49.7 Å². The highest BCUT2D eigenvalue weighted by Crippen LogP contribution is 2.25. The van der Waals surface area contributed by atoms with Crippen molar-refractivity contribution in [2.24, 2.45) is 11.8 Å². The Labute approximate surface area is 227 Å². The Kier molecular flexibility index (Phi) is 12.5. The molecule has 204 valence electrons. The van der Waals surface area contributed by atoms with Crippen LogP contribution in [0.3, 0.4) is 0 Å². The summed E-state index contributed by atoms with van der Waals surface area (Å²) in [7, 11) is 1.49. The maximum absolute atomic E-state index is 12.8. The number of methoxy groups -OCH3 is 1. The van der Waals surface area contributed by atoms with E-state index in [1.807, 2.05) is 31.2 Å². The summed E-state index contributed by atoms with van der Waals surface area (Å²) in [6.07, 6.45) is 9.60. The van der Waals surface area contributed by atoms with Gasteiger partial charge in [-0.15, -0.1) is 0 Å². The molecule has 0 aliphatic rings. The number of benzene rings is 1. The van der Waals surface area contributed by atoms with Gasteiger partial charge in [-0.2, -0.15) is 0 Å². The SMILES string of the molecule is COc1ccc(CC(NC(=O)/C=C/C[C@H](O)[C@H](C)/C=C/c2ccncc2)C(=O)NCC(C)C(=O)O)cc1Cl. The van der Waals surface area contributed by atoms with E-state index in [-0.39, 0.29) is 25.3 Å². The van der Waals surface area contributed by atoms with Crippen molar-refractivity contribution >= 4 is 35.5 Å². The molecule has 9 nitrogen and oxygen atoms in total. The lowest BCUT2D eigenvalue weighted by molar-refractivity contribution is -0.141. The van der Waals surface area contributed by atoms with Gasteiger partial charge in [0.25, 0.3) is 0 Å². The second kappa shape index (κ2) is 15.5. The third-order valence-electron chi connectivity index (χ3n) is 5.85. The Bertz CT molecular complexity index is 1140. The summed E-state index contributed by atoms with van der Waals surface area (Å²) in [5.41, 5.74) is 1.64. The number of aromatic nitrogens is 1. The highest BCUT2D eigenvalue weighted by Gasteiger charge is 2.22. The Morgan fingerprint density at radius 1 is 1.16 bits per heavy atom. The molecule has 0 spiro atoms. The van der Waals surface area contributed by atoms with Crippen LogP contribution in [0.2, 0.25) is 5.02 Å². The topological polar surface area (TPSA) is 138 Å². The number of carboxylic acids is 1. The van der Waals surface area contributed by atoms with Crippen molar-refractivity contribution in [1.82, 2.24) is 15.6 Å². The van der Waals surface area contributed by atoms with Crippen LogP contribution in [0.25, 0.3) is 6.08 Å². The van der Waals surface area contributed by atoms with E-state index in [2.05, 4.69) is 15.6 Å². The average Bonchev–Trinajstić information content (AvgIpc) is 2.90. The first kappa shape index (κ1) is 30.5. The van der Waals surface area contributed by atoms with Gasteiger partial charge in [-0.05, 0) is 47.9 Å². The molecule has 0 bridgehead atoms. The minimum absolute atomic E-state index is 0.0865. The quantitative estimate of drug-likeness (QED) is 0.268. The van der Waals surface area contributed by atoms with Crippen LogP contribution in [-0.2, 0) is 20.8 Å². The van der Waals surface area contributed by atoms with Crippen LogP contribution in [0, 0.1) is 11.8 Å². The molecule has 0 radical (unpaired) electrons. The number of hydrogen-bond acceptors (Lipinski definition) is 6. The zero-order valence-electron chi connectivity index (χ0n) is 21.6. The highest BCUT2D eigenvalue weighted by atomic mass is 35.5. The Morgan fingerprint density at radius 3 is 2.50 bits per heavy atom. The lowest BCUT2D eigenvalue weighted by Crippen LogP contribution is -2.48. The van der Waals surface area contributed by atoms with Crippen LogP contribution in [0.1, 0.15) is 31.4 Å². The van der Waals surface area contributed by atoms with Crippen molar-refractivity contribution in [3.05, 3.63) is 77.1 Å². The summed E-state index contributed by atoms with van der Waals surface area (Å²) in [6.45, 7) is 3.26. The van der Waals surface area contributed by atoms with E-state index in [1.54, 1.807) is 36.7 Å². The number of rotatable bonds is 14. The van der Waals surface area contributed by atoms with Crippen LogP contribution in [0.15, 0.2) is 61.0 Å². The number of amides is 2. The molecule has 2 unspecified atom stereocenters. The average molecular weight is 544 g/mol. The first-order valence-electron chi connectivity index (χ1n) is 12.2. The third kappa shape index (κ3) is 10.4. The molecule has 0 aliphatic heterocycles. The molecule has 0 saturated carbocycles. The predicted molar refractivity (Wildman–Crippen MR) is 146 cm³/mol. The van der Waals surface area contributed by atoms with E-state index in [0.29, 0.717) is 16.3 Å². The largest absolute Gasteiger partial charge is 0.495 e. The van der Waals surface area contributed by atoms with E-state index in [9.17, 15) is 19.5 Å². The Hall–Kier alpha value is -3.69. The molecule has 4 N–H and O–H groups in total. The van der Waals surface area contributed by atoms with E-state index >= 15 is 0 Å². The summed E-state index contributed by atoms with van der Waals surface area (Å²) >= 11 is 6.20. The Morgan fingerprint density at radius 2 is 1.87 bits per heavy atom. The smallest absolute Gasteiger partial charge is 0.308 e. The molecule has 0 aliphatic carbocycles. The zero-order chi connectivity index (χ0) is 28.1. The molecule has 38 heavy (non-hydrogen) atoms. The molecular formula is C28H34ClN3O6. The standard InChI is InChI=1S/C28H34ClN3O6/c1-18(7-8-20-11-13-30-14-12-20)24(33)5-4-6-26(34)32-23(27(35)31-17-19(2)28(36)37)16-21-9-10-25(38-3)22(29)15-21/h4,6-15,18-19,23-24,33H,5,16-17H2,1-3H3,(H,31,35)(H,32,34)(H,36,37)/b6-4+,8-7+/t18-,19?,23?,24+/m1/s1. The summed E-state index contributed by atoms with van der Waals surface area (Å²) in [5.74, 6) is -2.57. The molecule has 2 amide bonds. The van der Waals surface area contributed by atoms with Gasteiger partial charge in [0, 0.05) is 31.3 Å². The van der Waals surface area contributed by atoms with Gasteiger partial charge in [0.15, 0.2) is 0 Å². The van der Waals surface area contributed by atoms with E-state index < -0.39 is 35.8 Å². The summed E-state index contributed by atoms with van der Waals surface area (Å²) in [4.78, 5) is 40.5. The molecule has 2 aromatic rings. The number of carbonyl (C=O) groups excluding carboxylic acids is 2. The van der Waals surface area contributed by atoms with E-state index in [4.69, 9.17) is 21.4 Å². The second-order valence-corrected chi connectivity index (χ2v) is 9.33. The van der Waals surface area contributed by atoms with Crippen molar-refractivity contribution in [1.29, 1.82) is 0 Å². The number of nitrogens with one attached hydrogen (secondary N) is 2. The van der Waals surface area contributed by atoms with E-state index in [0.717, 1.165) is 5.56 Å². The number of hydrogen-bond donors (Lipinski definition) is 4. The number of pyridine rings is 1. The molecule has 0 fully saturated rings. The van der Waals surface area contributed by atoms with Crippen LogP contribution < -0.4 is 15.4 Å². The first-order valence-corrected chi connectivity index (χ1v) is 12.5. The van der Waals surface area contributed by atoms with Crippen molar-refractivity contribution in [2.45, 2.75) is 38.8 Å². The Balaban J connectivity index is 2.01. The number of aliphatic carboxylic acids is 1. The number of aliphatic hydroxyl groups excluding tert-OH is 1. The fraction of sp³-hybridized carbons (Fsp3) is 0.357. The van der Waals surface area contributed by atoms with Gasteiger partial charge in [0.05, 0.1) is 24.2 Å². The van der Waals surface area contributed by atoms with Crippen LogP contribution in [-0.4, -0.2) is 58.8 Å². The molecule has 10 heteroatoms. The van der Waals surface area contributed by atoms with Crippen molar-refractivity contribution in [3.63, 3.8) is 0 Å². The fourth-order valence-electron chi connectivity index (χ4n) is 3.36. The van der Waals surface area contributed by atoms with Crippen molar-refractivity contribution in [3.8, 4) is 5.75 Å². The lowest BCUT2D eigenvalue weighted by atomic mass is 10.00. The minimum atomic E-state index is -1.04. The van der Waals surface area contributed by atoms with Crippen LogP contribution >= 0.6 is 11.6 Å². The van der Waals surface area contributed by atoms with Crippen molar-refractivity contribution in [2.75, 3.05) is 13.7 Å².